The van der Waals surface area contributed by atoms with E-state index < -0.39 is 5.97 Å². The highest BCUT2D eigenvalue weighted by atomic mass is 16.4. The first kappa shape index (κ1) is 9.96. The van der Waals surface area contributed by atoms with Gasteiger partial charge in [0.1, 0.15) is 0 Å². The molecule has 1 heterocycles. The number of hydrogen-bond acceptors (Lipinski definition) is 3. The van der Waals surface area contributed by atoms with Gasteiger partial charge in [0.2, 0.25) is 0 Å². The van der Waals surface area contributed by atoms with Gasteiger partial charge in [0, 0.05) is 29.3 Å². The summed E-state index contributed by atoms with van der Waals surface area (Å²) in [6.07, 6.45) is 1.21. The number of hydrogen-bond donors (Lipinski definition) is 2. The maximum absolute atomic E-state index is 11.6. The van der Waals surface area contributed by atoms with Crippen LogP contribution in [0, 0.1) is 5.92 Å². The molecule has 0 radical (unpaired) electrons. The van der Waals surface area contributed by atoms with Gasteiger partial charge in [-0.2, -0.15) is 0 Å². The standard InChI is InChI=1S/C11H13NO3/c1-5-9(11(14)15)6(2)12-7-3-4-8(13)10(5)7/h5,12H,3-4H2,1-2H3,(H,14,15)/t5-/m1/s1. The number of carbonyl (C=O) groups is 2. The molecule has 1 atom stereocenters. The molecule has 2 rings (SSSR count). The third-order valence-corrected chi connectivity index (χ3v) is 3.07. The van der Waals surface area contributed by atoms with Gasteiger partial charge >= 0.3 is 5.97 Å². The maximum atomic E-state index is 11.6. The highest BCUT2D eigenvalue weighted by molar-refractivity contribution is 6.02. The topological polar surface area (TPSA) is 66.4 Å². The maximum Gasteiger partial charge on any atom is 0.333 e. The molecular formula is C11H13NO3. The zero-order chi connectivity index (χ0) is 11.2. The molecule has 0 saturated heterocycles. The van der Waals surface area contributed by atoms with E-state index >= 15 is 0 Å². The number of aliphatic carboxylic acids is 1. The molecule has 0 saturated carbocycles. The first-order valence-electron chi connectivity index (χ1n) is 4.99. The Bertz CT molecular complexity index is 416. The molecule has 0 aromatic rings. The molecule has 0 fully saturated rings. The number of ketones is 1. The van der Waals surface area contributed by atoms with Crippen molar-refractivity contribution in [3.05, 3.63) is 22.5 Å². The van der Waals surface area contributed by atoms with Crippen LogP contribution >= 0.6 is 0 Å². The second-order valence-electron chi connectivity index (χ2n) is 4.01. The van der Waals surface area contributed by atoms with Crippen LogP contribution in [-0.4, -0.2) is 16.9 Å². The van der Waals surface area contributed by atoms with Crippen molar-refractivity contribution in [2.24, 2.45) is 5.92 Å². The summed E-state index contributed by atoms with van der Waals surface area (Å²) in [5.41, 5.74) is 2.54. The molecule has 1 aliphatic heterocycles. The zero-order valence-electron chi connectivity index (χ0n) is 8.76. The number of dihydropyridines is 1. The van der Waals surface area contributed by atoms with E-state index in [1.165, 1.54) is 0 Å². The molecule has 0 aromatic carbocycles. The van der Waals surface area contributed by atoms with Gasteiger partial charge in [0.05, 0.1) is 5.57 Å². The quantitative estimate of drug-likeness (QED) is 0.678. The van der Waals surface area contributed by atoms with Crippen LogP contribution in [0.3, 0.4) is 0 Å². The van der Waals surface area contributed by atoms with Crippen LogP contribution in [-0.2, 0) is 9.59 Å². The molecule has 1 aliphatic carbocycles. The largest absolute Gasteiger partial charge is 0.478 e. The lowest BCUT2D eigenvalue weighted by Gasteiger charge is -2.24. The van der Waals surface area contributed by atoms with E-state index in [9.17, 15) is 9.59 Å². The van der Waals surface area contributed by atoms with Crippen LogP contribution in [0.15, 0.2) is 22.5 Å². The normalized spacial score (nSPS) is 25.5. The fraction of sp³-hybridized carbons (Fsp3) is 0.455. The third kappa shape index (κ3) is 1.37. The van der Waals surface area contributed by atoms with E-state index in [2.05, 4.69) is 5.32 Å². The van der Waals surface area contributed by atoms with E-state index in [4.69, 9.17) is 5.11 Å². The van der Waals surface area contributed by atoms with Gasteiger partial charge in [-0.1, -0.05) is 6.92 Å². The number of allylic oxidation sites excluding steroid dienone is 3. The van der Waals surface area contributed by atoms with Crippen LogP contribution in [0.2, 0.25) is 0 Å². The molecule has 2 aliphatic rings. The summed E-state index contributed by atoms with van der Waals surface area (Å²) in [6, 6.07) is 0. The second kappa shape index (κ2) is 3.22. The molecule has 0 bridgehead atoms. The predicted octanol–water partition coefficient (Wildman–Crippen LogP) is 1.20. The van der Waals surface area contributed by atoms with Gasteiger partial charge in [-0.05, 0) is 13.3 Å². The van der Waals surface area contributed by atoms with E-state index in [0.29, 0.717) is 29.7 Å². The van der Waals surface area contributed by atoms with Crippen molar-refractivity contribution in [2.75, 3.05) is 0 Å². The molecule has 0 spiro atoms. The second-order valence-corrected chi connectivity index (χ2v) is 4.01. The number of carboxylic acids is 1. The van der Waals surface area contributed by atoms with Crippen LogP contribution in [0.1, 0.15) is 26.7 Å². The Morgan fingerprint density at radius 1 is 1.47 bits per heavy atom. The number of nitrogens with one attached hydrogen (secondary N) is 1. The Hall–Kier alpha value is -1.58. The highest BCUT2D eigenvalue weighted by Crippen LogP contribution is 2.36. The number of carbonyl (C=O) groups excluding carboxylic acids is 1. The summed E-state index contributed by atoms with van der Waals surface area (Å²) in [6.45, 7) is 3.53. The zero-order valence-corrected chi connectivity index (χ0v) is 8.76. The van der Waals surface area contributed by atoms with Crippen LogP contribution in [0.5, 0.6) is 0 Å². The Morgan fingerprint density at radius 2 is 2.13 bits per heavy atom. The molecule has 15 heavy (non-hydrogen) atoms. The van der Waals surface area contributed by atoms with Gasteiger partial charge in [-0.3, -0.25) is 4.79 Å². The van der Waals surface area contributed by atoms with E-state index in [-0.39, 0.29) is 11.7 Å². The van der Waals surface area contributed by atoms with Crippen molar-refractivity contribution in [2.45, 2.75) is 26.7 Å². The fourth-order valence-electron chi connectivity index (χ4n) is 2.42. The summed E-state index contributed by atoms with van der Waals surface area (Å²) >= 11 is 0. The van der Waals surface area contributed by atoms with Gasteiger partial charge in [0.25, 0.3) is 0 Å². The van der Waals surface area contributed by atoms with Gasteiger partial charge in [0.15, 0.2) is 5.78 Å². The molecule has 80 valence electrons. The van der Waals surface area contributed by atoms with Crippen LogP contribution in [0.25, 0.3) is 0 Å². The third-order valence-electron chi connectivity index (χ3n) is 3.07. The van der Waals surface area contributed by atoms with Crippen LogP contribution < -0.4 is 5.32 Å². The molecule has 2 N–H and O–H groups in total. The number of Topliss-reactive ketones (excluding diaryl/α,β-unsaturated/α-hetero) is 1. The molecule has 4 nitrogen and oxygen atoms in total. The van der Waals surface area contributed by atoms with E-state index in [0.717, 1.165) is 5.70 Å². The van der Waals surface area contributed by atoms with Gasteiger partial charge in [-0.15, -0.1) is 0 Å². The van der Waals surface area contributed by atoms with Gasteiger partial charge < -0.3 is 10.4 Å². The fourth-order valence-corrected chi connectivity index (χ4v) is 2.42. The minimum Gasteiger partial charge on any atom is -0.478 e. The lowest BCUT2D eigenvalue weighted by atomic mass is 9.87. The van der Waals surface area contributed by atoms with Crippen molar-refractivity contribution in [1.82, 2.24) is 5.32 Å². The van der Waals surface area contributed by atoms with Crippen LogP contribution in [0.4, 0.5) is 0 Å². The molecule has 4 heteroatoms. The average molecular weight is 207 g/mol. The Morgan fingerprint density at radius 3 is 2.73 bits per heavy atom. The summed E-state index contributed by atoms with van der Waals surface area (Å²) in [5.74, 6) is -1.15. The molecule has 0 unspecified atom stereocenters. The summed E-state index contributed by atoms with van der Waals surface area (Å²) in [7, 11) is 0. The Labute approximate surface area is 87.7 Å². The van der Waals surface area contributed by atoms with E-state index in [1.54, 1.807) is 13.8 Å². The minimum atomic E-state index is -0.946. The Kier molecular flexibility index (Phi) is 2.14. The Balaban J connectivity index is 2.44. The van der Waals surface area contributed by atoms with Crippen molar-refractivity contribution in [3.8, 4) is 0 Å². The van der Waals surface area contributed by atoms with Crippen molar-refractivity contribution in [1.29, 1.82) is 0 Å². The first-order chi connectivity index (χ1) is 7.02. The van der Waals surface area contributed by atoms with E-state index in [1.807, 2.05) is 0 Å². The lowest BCUT2D eigenvalue weighted by molar-refractivity contribution is -0.133. The summed E-state index contributed by atoms with van der Waals surface area (Å²) < 4.78 is 0. The SMILES string of the molecule is CC1=C(C(=O)O)[C@@H](C)C2=C(CCC2=O)N1. The van der Waals surface area contributed by atoms with Gasteiger partial charge in [-0.25, -0.2) is 4.79 Å². The highest BCUT2D eigenvalue weighted by Gasteiger charge is 2.35. The minimum absolute atomic E-state index is 0.0799. The average Bonchev–Trinajstić information content (AvgIpc) is 2.46. The van der Waals surface area contributed by atoms with Crippen molar-refractivity contribution < 1.29 is 14.7 Å². The molecule has 0 aromatic heterocycles. The number of rotatable bonds is 1. The first-order valence-corrected chi connectivity index (χ1v) is 4.99. The van der Waals surface area contributed by atoms with Crippen molar-refractivity contribution in [3.63, 3.8) is 0 Å². The van der Waals surface area contributed by atoms with Crippen molar-refractivity contribution >= 4 is 11.8 Å². The summed E-state index contributed by atoms with van der Waals surface area (Å²) in [5, 5.41) is 12.1. The smallest absolute Gasteiger partial charge is 0.333 e. The predicted molar refractivity (Wildman–Crippen MR) is 53.9 cm³/mol. The lowest BCUT2D eigenvalue weighted by Crippen LogP contribution is -2.28. The summed E-state index contributed by atoms with van der Waals surface area (Å²) in [4.78, 5) is 22.6. The molecule has 0 amide bonds. The molecular weight excluding hydrogens is 194 g/mol. The monoisotopic (exact) mass is 207 g/mol. The number of carboxylic acid groups (broad SMARTS) is 1.